The predicted octanol–water partition coefficient (Wildman–Crippen LogP) is 2.23. The lowest BCUT2D eigenvalue weighted by Crippen LogP contribution is -2.38. The van der Waals surface area contributed by atoms with E-state index in [9.17, 15) is 4.79 Å². The van der Waals surface area contributed by atoms with Crippen molar-refractivity contribution in [3.8, 4) is 0 Å². The highest BCUT2D eigenvalue weighted by molar-refractivity contribution is 5.90. The Morgan fingerprint density at radius 1 is 1.36 bits per heavy atom. The fourth-order valence-corrected chi connectivity index (χ4v) is 1.30. The van der Waals surface area contributed by atoms with Gasteiger partial charge >= 0.3 is 6.03 Å². The maximum atomic E-state index is 11.2. The lowest BCUT2D eigenvalue weighted by molar-refractivity contribution is 0.253. The van der Waals surface area contributed by atoms with Crippen molar-refractivity contribution in [2.45, 2.75) is 13.8 Å². The second-order valence-electron chi connectivity index (χ2n) is 3.68. The third-order valence-electron chi connectivity index (χ3n) is 1.88. The second-order valence-corrected chi connectivity index (χ2v) is 3.68. The smallest absolute Gasteiger partial charge is 0.319 e. The van der Waals surface area contributed by atoms with Gasteiger partial charge in [-0.1, -0.05) is 32.0 Å². The standard InChI is InChI=1S/C11H16N2O/c1-9(2)8-13(11(12)14)10-6-4-3-5-7-10/h3-7,9H,8H2,1-2H3,(H2,12,14). The van der Waals surface area contributed by atoms with Crippen LogP contribution in [0.1, 0.15) is 13.8 Å². The Kier molecular flexibility index (Phi) is 3.51. The first-order chi connectivity index (χ1) is 6.61. The summed E-state index contributed by atoms with van der Waals surface area (Å²) in [5.74, 6) is 0.405. The topological polar surface area (TPSA) is 46.3 Å². The normalized spacial score (nSPS) is 10.2. The van der Waals surface area contributed by atoms with Crippen molar-refractivity contribution in [3.05, 3.63) is 30.3 Å². The molecule has 0 atom stereocenters. The Bertz CT molecular complexity index is 295. The average Bonchev–Trinajstić information content (AvgIpc) is 2.15. The zero-order chi connectivity index (χ0) is 10.6. The Morgan fingerprint density at radius 3 is 2.36 bits per heavy atom. The number of hydrogen-bond donors (Lipinski definition) is 1. The molecule has 2 N–H and O–H groups in total. The van der Waals surface area contributed by atoms with Crippen LogP contribution in [-0.2, 0) is 0 Å². The summed E-state index contributed by atoms with van der Waals surface area (Å²) < 4.78 is 0. The Hall–Kier alpha value is -1.51. The van der Waals surface area contributed by atoms with Crippen LogP contribution in [0.25, 0.3) is 0 Å². The van der Waals surface area contributed by atoms with Gasteiger partial charge in [-0.3, -0.25) is 4.90 Å². The van der Waals surface area contributed by atoms with E-state index < -0.39 is 6.03 Å². The number of hydrogen-bond acceptors (Lipinski definition) is 1. The number of para-hydroxylation sites is 1. The molecule has 1 aromatic carbocycles. The Morgan fingerprint density at radius 2 is 1.93 bits per heavy atom. The summed E-state index contributed by atoms with van der Waals surface area (Å²) in [6.45, 7) is 4.76. The minimum absolute atomic E-state index is 0.398. The monoisotopic (exact) mass is 192 g/mol. The SMILES string of the molecule is CC(C)CN(C(N)=O)c1ccccc1. The van der Waals surface area contributed by atoms with Gasteiger partial charge in [-0.15, -0.1) is 0 Å². The molecule has 1 rings (SSSR count). The lowest BCUT2D eigenvalue weighted by atomic mass is 10.2. The first-order valence-corrected chi connectivity index (χ1v) is 4.73. The molecule has 3 nitrogen and oxygen atoms in total. The first-order valence-electron chi connectivity index (χ1n) is 4.73. The largest absolute Gasteiger partial charge is 0.351 e. The number of carbonyl (C=O) groups is 1. The third-order valence-corrected chi connectivity index (χ3v) is 1.88. The molecule has 0 aromatic heterocycles. The molecular weight excluding hydrogens is 176 g/mol. The van der Waals surface area contributed by atoms with Crippen molar-refractivity contribution in [3.63, 3.8) is 0 Å². The van der Waals surface area contributed by atoms with Crippen LogP contribution in [0.15, 0.2) is 30.3 Å². The van der Waals surface area contributed by atoms with Crippen LogP contribution in [-0.4, -0.2) is 12.6 Å². The highest BCUT2D eigenvalue weighted by atomic mass is 16.2. The molecule has 2 amide bonds. The number of anilines is 1. The Balaban J connectivity index is 2.84. The molecule has 76 valence electrons. The minimum atomic E-state index is -0.398. The van der Waals surface area contributed by atoms with E-state index in [1.54, 1.807) is 4.90 Å². The highest BCUT2D eigenvalue weighted by Gasteiger charge is 2.12. The van der Waals surface area contributed by atoms with Crippen LogP contribution in [0.5, 0.6) is 0 Å². The number of rotatable bonds is 3. The van der Waals surface area contributed by atoms with E-state index >= 15 is 0 Å². The van der Waals surface area contributed by atoms with E-state index in [1.807, 2.05) is 30.3 Å². The average molecular weight is 192 g/mol. The van der Waals surface area contributed by atoms with Gasteiger partial charge < -0.3 is 5.73 Å². The van der Waals surface area contributed by atoms with E-state index in [0.29, 0.717) is 12.5 Å². The summed E-state index contributed by atoms with van der Waals surface area (Å²) in [6, 6.07) is 9.07. The Labute approximate surface area is 84.5 Å². The molecule has 0 saturated heterocycles. The fraction of sp³-hybridized carbons (Fsp3) is 0.364. The van der Waals surface area contributed by atoms with Gasteiger partial charge in [0, 0.05) is 12.2 Å². The number of nitrogens with two attached hydrogens (primary N) is 1. The number of benzene rings is 1. The van der Waals surface area contributed by atoms with Crippen LogP contribution in [0.2, 0.25) is 0 Å². The molecule has 0 aliphatic rings. The quantitative estimate of drug-likeness (QED) is 0.784. The number of nitrogens with zero attached hydrogens (tertiary/aromatic N) is 1. The van der Waals surface area contributed by atoms with E-state index in [4.69, 9.17) is 5.73 Å². The molecule has 0 bridgehead atoms. The molecule has 0 saturated carbocycles. The number of carbonyl (C=O) groups excluding carboxylic acids is 1. The molecule has 0 unspecified atom stereocenters. The molecule has 3 heteroatoms. The van der Waals surface area contributed by atoms with Gasteiger partial charge in [0.1, 0.15) is 0 Å². The molecule has 0 heterocycles. The molecule has 0 aliphatic heterocycles. The van der Waals surface area contributed by atoms with Gasteiger partial charge in [-0.25, -0.2) is 4.79 Å². The minimum Gasteiger partial charge on any atom is -0.351 e. The summed E-state index contributed by atoms with van der Waals surface area (Å²) in [6.07, 6.45) is 0. The molecule has 0 fully saturated rings. The highest BCUT2D eigenvalue weighted by Crippen LogP contribution is 2.14. The zero-order valence-electron chi connectivity index (χ0n) is 8.60. The van der Waals surface area contributed by atoms with E-state index in [0.717, 1.165) is 5.69 Å². The first kappa shape index (κ1) is 10.6. The van der Waals surface area contributed by atoms with Crippen LogP contribution in [0, 0.1) is 5.92 Å². The maximum Gasteiger partial charge on any atom is 0.319 e. The van der Waals surface area contributed by atoms with Crippen molar-refractivity contribution < 1.29 is 4.79 Å². The van der Waals surface area contributed by atoms with Crippen LogP contribution in [0.4, 0.5) is 10.5 Å². The summed E-state index contributed by atoms with van der Waals surface area (Å²) >= 11 is 0. The van der Waals surface area contributed by atoms with Crippen molar-refractivity contribution in [1.82, 2.24) is 0 Å². The summed E-state index contributed by atoms with van der Waals surface area (Å²) in [5.41, 5.74) is 6.16. The molecule has 0 radical (unpaired) electrons. The van der Waals surface area contributed by atoms with E-state index in [1.165, 1.54) is 0 Å². The molecule has 14 heavy (non-hydrogen) atoms. The van der Waals surface area contributed by atoms with Crippen LogP contribution < -0.4 is 10.6 Å². The second kappa shape index (κ2) is 4.65. The van der Waals surface area contributed by atoms with Crippen molar-refractivity contribution in [2.75, 3.05) is 11.4 Å². The summed E-state index contributed by atoms with van der Waals surface area (Å²) in [7, 11) is 0. The van der Waals surface area contributed by atoms with Crippen molar-refractivity contribution >= 4 is 11.7 Å². The zero-order valence-corrected chi connectivity index (χ0v) is 8.60. The molecule has 1 aromatic rings. The number of urea groups is 1. The summed E-state index contributed by atoms with van der Waals surface area (Å²) in [4.78, 5) is 12.8. The van der Waals surface area contributed by atoms with Gasteiger partial charge in [0.05, 0.1) is 0 Å². The fourth-order valence-electron chi connectivity index (χ4n) is 1.30. The maximum absolute atomic E-state index is 11.2. The van der Waals surface area contributed by atoms with E-state index in [2.05, 4.69) is 13.8 Å². The van der Waals surface area contributed by atoms with Crippen molar-refractivity contribution in [1.29, 1.82) is 0 Å². The molecule has 0 aliphatic carbocycles. The summed E-state index contributed by atoms with van der Waals surface area (Å²) in [5, 5.41) is 0. The predicted molar refractivity (Wildman–Crippen MR) is 58.2 cm³/mol. The van der Waals surface area contributed by atoms with Crippen LogP contribution >= 0.6 is 0 Å². The molecular formula is C11H16N2O. The van der Waals surface area contributed by atoms with Gasteiger partial charge in [0.25, 0.3) is 0 Å². The van der Waals surface area contributed by atoms with Crippen molar-refractivity contribution in [2.24, 2.45) is 11.7 Å². The number of amides is 2. The third kappa shape index (κ3) is 2.76. The van der Waals surface area contributed by atoms with E-state index in [-0.39, 0.29) is 0 Å². The lowest BCUT2D eigenvalue weighted by Gasteiger charge is -2.22. The van der Waals surface area contributed by atoms with Crippen LogP contribution in [0.3, 0.4) is 0 Å². The van der Waals surface area contributed by atoms with Gasteiger partial charge in [-0.05, 0) is 18.1 Å². The van der Waals surface area contributed by atoms with Gasteiger partial charge in [0.15, 0.2) is 0 Å². The van der Waals surface area contributed by atoms with Gasteiger partial charge in [-0.2, -0.15) is 0 Å². The van der Waals surface area contributed by atoms with Gasteiger partial charge in [0.2, 0.25) is 0 Å². The molecule has 0 spiro atoms. The number of primary amides is 1.